The van der Waals surface area contributed by atoms with Gasteiger partial charge in [0.25, 0.3) is 6.04 Å². The minimum absolute atomic E-state index is 0.0307. The van der Waals surface area contributed by atoms with Crippen molar-refractivity contribution < 1.29 is 28.7 Å². The molecule has 0 aliphatic heterocycles. The quantitative estimate of drug-likeness (QED) is 0.261. The second kappa shape index (κ2) is 8.30. The lowest BCUT2D eigenvalue weighted by Gasteiger charge is -2.19. The fourth-order valence-electron chi connectivity index (χ4n) is 3.69. The third-order valence-corrected chi connectivity index (χ3v) is 4.86. The third-order valence-electron chi connectivity index (χ3n) is 4.86. The average Bonchev–Trinajstić information content (AvgIpc) is 2.96. The maximum absolute atomic E-state index is 12.5. The molecule has 0 fully saturated rings. The molecule has 1 unspecified atom stereocenters. The maximum atomic E-state index is 12.5. The number of Topliss-reactive ketones (excluding diaryl/α,β-unsaturated/α-hetero) is 1. The first-order valence-electron chi connectivity index (χ1n) is 8.86. The van der Waals surface area contributed by atoms with Crippen molar-refractivity contribution in [1.29, 1.82) is 5.41 Å². The second-order valence-corrected chi connectivity index (χ2v) is 6.56. The molecule has 0 heterocycles. The summed E-state index contributed by atoms with van der Waals surface area (Å²) in [5, 5.41) is 19.9. The maximum Gasteiger partial charge on any atom is 0.513 e. The van der Waals surface area contributed by atoms with Crippen LogP contribution in [0, 0.1) is 15.5 Å². The lowest BCUT2D eigenvalue weighted by molar-refractivity contribution is -0.504. The van der Waals surface area contributed by atoms with Gasteiger partial charge >= 0.3 is 6.16 Å². The molecule has 2 aliphatic rings. The van der Waals surface area contributed by atoms with Crippen LogP contribution in [-0.2, 0) is 14.3 Å². The SMILES string of the molecule is COCCOC(=O)Oc1cccc([C@H]2C3=C(CCCC3=O)C(=N)C2[N+](=O)[O-])c1. The number of nitrogens with zero attached hydrogens (tertiary/aromatic N) is 1. The molecule has 0 bridgehead atoms. The van der Waals surface area contributed by atoms with E-state index in [9.17, 15) is 19.7 Å². The van der Waals surface area contributed by atoms with E-state index < -0.39 is 23.0 Å². The topological polar surface area (TPSA) is 129 Å². The van der Waals surface area contributed by atoms with Crippen LogP contribution in [0.3, 0.4) is 0 Å². The Balaban J connectivity index is 1.89. The van der Waals surface area contributed by atoms with Crippen molar-refractivity contribution in [2.45, 2.75) is 31.2 Å². The summed E-state index contributed by atoms with van der Waals surface area (Å²) >= 11 is 0. The molecule has 2 aliphatic carbocycles. The highest BCUT2D eigenvalue weighted by molar-refractivity contribution is 6.15. The van der Waals surface area contributed by atoms with E-state index in [-0.39, 0.29) is 30.5 Å². The Kier molecular flexibility index (Phi) is 5.84. The highest BCUT2D eigenvalue weighted by Crippen LogP contribution is 2.44. The number of methoxy groups -OCH3 is 1. The van der Waals surface area contributed by atoms with Crippen LogP contribution in [0.25, 0.3) is 0 Å². The summed E-state index contributed by atoms with van der Waals surface area (Å²) in [5.74, 6) is -0.880. The van der Waals surface area contributed by atoms with Gasteiger partial charge in [0.05, 0.1) is 12.5 Å². The number of ketones is 1. The predicted molar refractivity (Wildman–Crippen MR) is 97.4 cm³/mol. The summed E-state index contributed by atoms with van der Waals surface area (Å²) in [6.45, 7) is 0.256. The van der Waals surface area contributed by atoms with E-state index in [2.05, 4.69) is 0 Å². The standard InChI is InChI=1S/C19H20N2O7/c1-26-8-9-27-19(23)28-12-5-2-4-11(10-12)15-16-13(6-3-7-14(16)22)17(20)18(15)21(24)25/h2,4-5,10,15,18,20H,3,6-9H2,1H3/t15-,18?/m0/s1. The van der Waals surface area contributed by atoms with Gasteiger partial charge in [-0.2, -0.15) is 0 Å². The van der Waals surface area contributed by atoms with Gasteiger partial charge in [-0.3, -0.25) is 20.3 Å². The van der Waals surface area contributed by atoms with Crippen LogP contribution in [0.4, 0.5) is 4.79 Å². The van der Waals surface area contributed by atoms with Gasteiger partial charge in [-0.1, -0.05) is 12.1 Å². The minimum atomic E-state index is -1.32. The van der Waals surface area contributed by atoms with Gasteiger partial charge in [0, 0.05) is 24.0 Å². The van der Waals surface area contributed by atoms with E-state index in [0.29, 0.717) is 36.0 Å². The molecular formula is C19H20N2O7. The van der Waals surface area contributed by atoms with Crippen molar-refractivity contribution in [3.8, 4) is 5.75 Å². The number of nitrogens with one attached hydrogen (secondary N) is 1. The first kappa shape index (κ1) is 19.7. The Morgan fingerprint density at radius 1 is 1.32 bits per heavy atom. The van der Waals surface area contributed by atoms with Crippen molar-refractivity contribution in [2.75, 3.05) is 20.3 Å². The fraction of sp³-hybridized carbons (Fsp3) is 0.421. The Hall–Kier alpha value is -3.07. The Labute approximate surface area is 160 Å². The molecule has 1 aromatic rings. The molecule has 0 aromatic heterocycles. The van der Waals surface area contributed by atoms with E-state index >= 15 is 0 Å². The summed E-state index contributed by atoms with van der Waals surface area (Å²) in [4.78, 5) is 35.3. The number of rotatable bonds is 6. The van der Waals surface area contributed by atoms with Crippen LogP contribution >= 0.6 is 0 Å². The molecule has 1 N–H and O–H groups in total. The van der Waals surface area contributed by atoms with Gasteiger partial charge in [-0.05, 0) is 36.1 Å². The van der Waals surface area contributed by atoms with Crippen LogP contribution in [0.1, 0.15) is 30.7 Å². The predicted octanol–water partition coefficient (Wildman–Crippen LogP) is 2.66. The van der Waals surface area contributed by atoms with Gasteiger partial charge in [0.2, 0.25) is 0 Å². The van der Waals surface area contributed by atoms with Crippen LogP contribution in [0.15, 0.2) is 35.4 Å². The average molecular weight is 388 g/mol. The van der Waals surface area contributed by atoms with Gasteiger partial charge in [-0.25, -0.2) is 4.79 Å². The van der Waals surface area contributed by atoms with E-state index in [4.69, 9.17) is 19.6 Å². The van der Waals surface area contributed by atoms with Crippen molar-refractivity contribution in [1.82, 2.24) is 0 Å². The first-order valence-corrected chi connectivity index (χ1v) is 8.86. The monoisotopic (exact) mass is 388 g/mol. The van der Waals surface area contributed by atoms with E-state index in [1.54, 1.807) is 12.1 Å². The van der Waals surface area contributed by atoms with Crippen LogP contribution in [-0.4, -0.2) is 48.9 Å². The number of ether oxygens (including phenoxy) is 3. The molecule has 0 saturated carbocycles. The number of hydrogen-bond donors (Lipinski definition) is 1. The largest absolute Gasteiger partial charge is 0.513 e. The van der Waals surface area contributed by atoms with Gasteiger partial charge in [0.15, 0.2) is 5.78 Å². The molecule has 0 amide bonds. The molecule has 9 nitrogen and oxygen atoms in total. The van der Waals surface area contributed by atoms with E-state index in [1.807, 2.05) is 0 Å². The second-order valence-electron chi connectivity index (χ2n) is 6.56. The first-order chi connectivity index (χ1) is 13.4. The van der Waals surface area contributed by atoms with Crippen LogP contribution in [0.2, 0.25) is 0 Å². The fourth-order valence-corrected chi connectivity index (χ4v) is 3.69. The summed E-state index contributed by atoms with van der Waals surface area (Å²) in [6, 6.07) is 4.88. The zero-order valence-corrected chi connectivity index (χ0v) is 15.3. The number of benzene rings is 1. The Bertz CT molecular complexity index is 862. The molecule has 1 aromatic carbocycles. The summed E-state index contributed by atoms with van der Waals surface area (Å²) in [7, 11) is 1.47. The number of hydrogen-bond acceptors (Lipinski definition) is 8. The molecule has 0 saturated heterocycles. The van der Waals surface area contributed by atoms with E-state index in [1.165, 1.54) is 19.2 Å². The smallest absolute Gasteiger partial charge is 0.432 e. The minimum Gasteiger partial charge on any atom is -0.432 e. The lowest BCUT2D eigenvalue weighted by Crippen LogP contribution is -2.31. The molecule has 3 rings (SSSR count). The molecule has 2 atom stereocenters. The zero-order valence-electron chi connectivity index (χ0n) is 15.3. The van der Waals surface area contributed by atoms with Gasteiger partial charge < -0.3 is 14.2 Å². The zero-order chi connectivity index (χ0) is 20.3. The van der Waals surface area contributed by atoms with Crippen molar-refractivity contribution >= 4 is 17.7 Å². The number of carbonyl (C=O) groups excluding carboxylic acids is 2. The van der Waals surface area contributed by atoms with Crippen LogP contribution in [0.5, 0.6) is 5.75 Å². The summed E-state index contributed by atoms with van der Waals surface area (Å²) in [6.07, 6.45) is 0.471. The highest BCUT2D eigenvalue weighted by atomic mass is 16.7. The molecule has 148 valence electrons. The molecule has 28 heavy (non-hydrogen) atoms. The molecule has 0 spiro atoms. The van der Waals surface area contributed by atoms with Gasteiger partial charge in [-0.15, -0.1) is 0 Å². The van der Waals surface area contributed by atoms with Crippen molar-refractivity contribution in [3.63, 3.8) is 0 Å². The normalized spacial score (nSPS) is 21.5. The molecular weight excluding hydrogens is 368 g/mol. The van der Waals surface area contributed by atoms with Crippen molar-refractivity contribution in [3.05, 3.63) is 51.1 Å². The number of nitro groups is 1. The lowest BCUT2D eigenvalue weighted by atomic mass is 9.83. The van der Waals surface area contributed by atoms with Crippen LogP contribution < -0.4 is 4.74 Å². The Morgan fingerprint density at radius 3 is 2.82 bits per heavy atom. The molecule has 0 radical (unpaired) electrons. The number of carbonyl (C=O) groups is 2. The molecule has 9 heteroatoms. The summed E-state index contributed by atoms with van der Waals surface area (Å²) < 4.78 is 14.7. The van der Waals surface area contributed by atoms with E-state index in [0.717, 1.165) is 0 Å². The highest BCUT2D eigenvalue weighted by Gasteiger charge is 2.50. The summed E-state index contributed by atoms with van der Waals surface area (Å²) in [5.41, 5.74) is 1.17. The third kappa shape index (κ3) is 3.79. The van der Waals surface area contributed by atoms with Crippen molar-refractivity contribution in [2.24, 2.45) is 0 Å². The Morgan fingerprint density at radius 2 is 2.11 bits per heavy atom. The van der Waals surface area contributed by atoms with Gasteiger partial charge in [0.1, 0.15) is 18.1 Å².